The molecule has 1 saturated heterocycles. The first-order chi connectivity index (χ1) is 22.0. The molecule has 1 N–H and O–H groups in total. The first kappa shape index (κ1) is 32.1. The van der Waals surface area contributed by atoms with E-state index in [9.17, 15) is 32.7 Å². The fourth-order valence-electron chi connectivity index (χ4n) is 5.37. The van der Waals surface area contributed by atoms with Crippen molar-refractivity contribution >= 4 is 28.8 Å². The number of benzene rings is 3. The third-order valence-corrected chi connectivity index (χ3v) is 7.84. The number of piperazine rings is 1. The largest absolute Gasteiger partial charge is 0.507 e. The summed E-state index contributed by atoms with van der Waals surface area (Å²) in [6.07, 6.45) is 2.07. The highest BCUT2D eigenvalue weighted by atomic mass is 19.2. The van der Waals surface area contributed by atoms with Gasteiger partial charge in [0.1, 0.15) is 5.76 Å². The number of pyridine rings is 1. The van der Waals surface area contributed by atoms with Gasteiger partial charge in [0.05, 0.1) is 12.1 Å². The van der Waals surface area contributed by atoms with Crippen LogP contribution in [0.25, 0.3) is 5.76 Å². The molecule has 0 spiro atoms. The topological polar surface area (TPSA) is 86.1 Å². The van der Waals surface area contributed by atoms with Crippen molar-refractivity contribution in [3.63, 3.8) is 0 Å². The number of ketones is 1. The Balaban J connectivity index is 1.35. The van der Waals surface area contributed by atoms with Gasteiger partial charge in [-0.05, 0) is 65.6 Å². The second kappa shape index (κ2) is 13.8. The van der Waals surface area contributed by atoms with E-state index in [0.717, 1.165) is 35.1 Å². The van der Waals surface area contributed by atoms with Crippen molar-refractivity contribution in [3.8, 4) is 0 Å². The SMILES string of the molecule is CN(C)c1ccc(N2CCN(C(=O)C(=O)C=C(O)c3cc(Cc4cc(F)c(F)c(F)c4)cn(Cc4ccccc4)c3=O)CC2)cc1. The lowest BCUT2D eigenvalue weighted by atomic mass is 10.0. The molecule has 0 atom stereocenters. The molecule has 1 fully saturated rings. The number of carbonyl (C=O) groups excluding carboxylic acids is 2. The van der Waals surface area contributed by atoms with Gasteiger partial charge in [0, 0.05) is 63.9 Å². The van der Waals surface area contributed by atoms with Crippen LogP contribution >= 0.6 is 0 Å². The molecule has 0 bridgehead atoms. The van der Waals surface area contributed by atoms with Gasteiger partial charge in [0.25, 0.3) is 11.5 Å². The van der Waals surface area contributed by atoms with Crippen LogP contribution in [0.15, 0.2) is 89.9 Å². The monoisotopic (exact) mass is 630 g/mol. The Labute approximate surface area is 264 Å². The molecule has 1 aliphatic heterocycles. The summed E-state index contributed by atoms with van der Waals surface area (Å²) < 4.78 is 42.6. The van der Waals surface area contributed by atoms with E-state index in [1.807, 2.05) is 49.3 Å². The van der Waals surface area contributed by atoms with Crippen molar-refractivity contribution in [2.75, 3.05) is 50.1 Å². The highest BCUT2D eigenvalue weighted by molar-refractivity contribution is 6.41. The Morgan fingerprint density at radius 3 is 2.09 bits per heavy atom. The van der Waals surface area contributed by atoms with Crippen molar-refractivity contribution in [3.05, 3.63) is 135 Å². The molecule has 0 unspecified atom stereocenters. The maximum absolute atomic E-state index is 13.9. The van der Waals surface area contributed by atoms with Crippen molar-refractivity contribution < 1.29 is 27.9 Å². The molecule has 0 saturated carbocycles. The summed E-state index contributed by atoms with van der Waals surface area (Å²) in [6.45, 7) is 1.69. The third kappa shape index (κ3) is 7.31. The molecule has 8 nitrogen and oxygen atoms in total. The van der Waals surface area contributed by atoms with Crippen LogP contribution in [0.5, 0.6) is 0 Å². The highest BCUT2D eigenvalue weighted by Gasteiger charge is 2.26. The van der Waals surface area contributed by atoms with Gasteiger partial charge in [0.2, 0.25) is 5.78 Å². The van der Waals surface area contributed by atoms with E-state index >= 15 is 0 Å². The number of hydrogen-bond donors (Lipinski definition) is 1. The lowest BCUT2D eigenvalue weighted by molar-refractivity contribution is -0.142. The third-order valence-electron chi connectivity index (χ3n) is 7.84. The standard InChI is InChI=1S/C35H33F3N4O4/c1-39(2)26-8-10-27(11-9-26)40-12-14-41(15-13-40)35(46)32(44)20-31(43)28-17-25(16-24-18-29(36)33(38)30(37)19-24)22-42(34(28)45)21-23-6-4-3-5-7-23/h3-11,17-20,22,43H,12-16,21H2,1-2H3. The maximum atomic E-state index is 13.9. The van der Waals surface area contributed by atoms with E-state index in [0.29, 0.717) is 31.7 Å². The molecule has 3 aromatic carbocycles. The fraction of sp³-hybridized carbons (Fsp3) is 0.229. The Kier molecular flexibility index (Phi) is 9.60. The molecule has 0 aliphatic carbocycles. The molecule has 1 aliphatic rings. The van der Waals surface area contributed by atoms with Gasteiger partial charge in [-0.25, -0.2) is 13.2 Å². The van der Waals surface area contributed by atoms with E-state index in [1.165, 1.54) is 21.7 Å². The Morgan fingerprint density at radius 2 is 1.48 bits per heavy atom. The number of carbonyl (C=O) groups is 2. The predicted octanol–water partition coefficient (Wildman–Crippen LogP) is 4.79. The zero-order valence-corrected chi connectivity index (χ0v) is 25.4. The number of nitrogens with zero attached hydrogens (tertiary/aromatic N) is 4. The average molecular weight is 631 g/mol. The number of aliphatic hydroxyl groups is 1. The number of halogens is 3. The van der Waals surface area contributed by atoms with E-state index in [-0.39, 0.29) is 24.1 Å². The molecule has 1 aromatic heterocycles. The summed E-state index contributed by atoms with van der Waals surface area (Å²) in [7, 11) is 3.91. The number of aromatic nitrogens is 1. The van der Waals surface area contributed by atoms with Gasteiger partial charge in [-0.2, -0.15) is 0 Å². The van der Waals surface area contributed by atoms with Gasteiger partial charge >= 0.3 is 0 Å². The van der Waals surface area contributed by atoms with Gasteiger partial charge in [-0.1, -0.05) is 30.3 Å². The molecule has 0 radical (unpaired) electrons. The van der Waals surface area contributed by atoms with E-state index in [1.54, 1.807) is 24.3 Å². The Hall–Kier alpha value is -5.32. The Morgan fingerprint density at radius 1 is 0.848 bits per heavy atom. The number of anilines is 2. The molecule has 5 rings (SSSR count). The number of aliphatic hydroxyl groups excluding tert-OH is 1. The summed E-state index contributed by atoms with van der Waals surface area (Å²) in [5, 5.41) is 11.0. The zero-order chi connectivity index (χ0) is 33.0. The first-order valence-electron chi connectivity index (χ1n) is 14.7. The van der Waals surface area contributed by atoms with Crippen LogP contribution in [0.4, 0.5) is 24.5 Å². The van der Waals surface area contributed by atoms with Crippen molar-refractivity contribution in [1.82, 2.24) is 9.47 Å². The molecule has 1 amide bonds. The Bertz CT molecular complexity index is 1810. The molecule has 46 heavy (non-hydrogen) atoms. The second-order valence-corrected chi connectivity index (χ2v) is 11.3. The lowest BCUT2D eigenvalue weighted by Gasteiger charge is -2.35. The lowest BCUT2D eigenvalue weighted by Crippen LogP contribution is -2.50. The van der Waals surface area contributed by atoms with Crippen LogP contribution in [0.1, 0.15) is 22.3 Å². The summed E-state index contributed by atoms with van der Waals surface area (Å²) in [4.78, 5) is 44.9. The average Bonchev–Trinajstić information content (AvgIpc) is 3.05. The summed E-state index contributed by atoms with van der Waals surface area (Å²) in [5.41, 5.74) is 2.34. The van der Waals surface area contributed by atoms with Gasteiger partial charge in [-0.15, -0.1) is 0 Å². The van der Waals surface area contributed by atoms with Crippen LogP contribution in [0.2, 0.25) is 0 Å². The van der Waals surface area contributed by atoms with Crippen LogP contribution in [0, 0.1) is 17.5 Å². The van der Waals surface area contributed by atoms with E-state index < -0.39 is 40.5 Å². The number of hydrogen-bond acceptors (Lipinski definition) is 6. The van der Waals surface area contributed by atoms with Crippen molar-refractivity contribution in [1.29, 1.82) is 0 Å². The normalized spacial score (nSPS) is 13.5. The minimum Gasteiger partial charge on any atom is -0.507 e. The highest BCUT2D eigenvalue weighted by Crippen LogP contribution is 2.22. The number of rotatable bonds is 9. The van der Waals surface area contributed by atoms with Crippen molar-refractivity contribution in [2.24, 2.45) is 0 Å². The van der Waals surface area contributed by atoms with Crippen LogP contribution in [-0.2, 0) is 22.6 Å². The maximum Gasteiger partial charge on any atom is 0.294 e. The molecular weight excluding hydrogens is 597 g/mol. The molecular formula is C35H33F3N4O4. The van der Waals surface area contributed by atoms with Gasteiger partial charge in [-0.3, -0.25) is 14.4 Å². The zero-order valence-electron chi connectivity index (χ0n) is 25.4. The summed E-state index contributed by atoms with van der Waals surface area (Å²) >= 11 is 0. The van der Waals surface area contributed by atoms with E-state index in [4.69, 9.17) is 0 Å². The minimum absolute atomic E-state index is 0.0922. The summed E-state index contributed by atoms with van der Waals surface area (Å²) in [5.74, 6) is -6.84. The first-order valence-corrected chi connectivity index (χ1v) is 14.7. The molecule has 4 aromatic rings. The van der Waals surface area contributed by atoms with Crippen LogP contribution < -0.4 is 15.4 Å². The minimum atomic E-state index is -1.60. The van der Waals surface area contributed by atoms with Crippen LogP contribution in [-0.4, -0.2) is 66.5 Å². The van der Waals surface area contributed by atoms with Gasteiger partial charge < -0.3 is 24.4 Å². The van der Waals surface area contributed by atoms with Crippen molar-refractivity contribution in [2.45, 2.75) is 13.0 Å². The second-order valence-electron chi connectivity index (χ2n) is 11.3. The quantitative estimate of drug-likeness (QED) is 0.124. The molecule has 11 heteroatoms. The van der Waals surface area contributed by atoms with E-state index in [2.05, 4.69) is 4.90 Å². The summed E-state index contributed by atoms with van der Waals surface area (Å²) in [6, 6.07) is 20.0. The molecule has 238 valence electrons. The van der Waals surface area contributed by atoms with Crippen LogP contribution in [0.3, 0.4) is 0 Å². The predicted molar refractivity (Wildman–Crippen MR) is 171 cm³/mol. The smallest absolute Gasteiger partial charge is 0.294 e. The van der Waals surface area contributed by atoms with Gasteiger partial charge in [0.15, 0.2) is 17.5 Å². The number of amides is 1. The fourth-order valence-corrected chi connectivity index (χ4v) is 5.37. The molecule has 2 heterocycles.